The summed E-state index contributed by atoms with van der Waals surface area (Å²) in [5, 5.41) is 0. The summed E-state index contributed by atoms with van der Waals surface area (Å²) in [5.74, 6) is 0.0435. The van der Waals surface area contributed by atoms with Crippen molar-refractivity contribution >= 4 is 11.8 Å². The highest BCUT2D eigenvalue weighted by Crippen LogP contribution is 2.38. The summed E-state index contributed by atoms with van der Waals surface area (Å²) in [7, 11) is 0. The highest BCUT2D eigenvalue weighted by atomic mass is 16.5. The zero-order valence-corrected chi connectivity index (χ0v) is 9.18. The van der Waals surface area contributed by atoms with Crippen LogP contribution >= 0.6 is 0 Å². The maximum absolute atomic E-state index is 11.6. The second-order valence-electron chi connectivity index (χ2n) is 4.22. The predicted molar refractivity (Wildman–Crippen MR) is 59.0 cm³/mol. The van der Waals surface area contributed by atoms with Gasteiger partial charge in [-0.3, -0.25) is 9.59 Å². The number of Topliss-reactive ketones (excluding diaryl/α,β-unsaturated/α-hetero) is 1. The van der Waals surface area contributed by atoms with Crippen LogP contribution in [0.3, 0.4) is 0 Å². The minimum absolute atomic E-state index is 0.0172. The first kappa shape index (κ1) is 10.9. The summed E-state index contributed by atoms with van der Waals surface area (Å²) >= 11 is 0. The molecule has 1 saturated carbocycles. The topological polar surface area (TPSA) is 43.4 Å². The fourth-order valence-electron chi connectivity index (χ4n) is 1.60. The summed E-state index contributed by atoms with van der Waals surface area (Å²) in [6, 6.07) is 8.86. The van der Waals surface area contributed by atoms with Crippen molar-refractivity contribution in [3.05, 3.63) is 35.9 Å². The van der Waals surface area contributed by atoms with Gasteiger partial charge in [0.05, 0.1) is 5.92 Å². The zero-order valence-electron chi connectivity index (χ0n) is 9.18. The molecule has 2 rings (SSSR count). The van der Waals surface area contributed by atoms with E-state index in [2.05, 4.69) is 0 Å². The number of benzene rings is 1. The van der Waals surface area contributed by atoms with Crippen LogP contribution in [0.1, 0.15) is 23.7 Å². The normalized spacial score (nSPS) is 22.6. The van der Waals surface area contributed by atoms with E-state index in [1.807, 2.05) is 13.0 Å². The van der Waals surface area contributed by atoms with Gasteiger partial charge in [0.25, 0.3) is 0 Å². The van der Waals surface area contributed by atoms with E-state index in [-0.39, 0.29) is 24.3 Å². The molecule has 2 atom stereocenters. The molecule has 0 N–H and O–H groups in total. The largest absolute Gasteiger partial charge is 0.457 e. The average Bonchev–Trinajstić information content (AvgIpc) is 3.04. The summed E-state index contributed by atoms with van der Waals surface area (Å²) in [6.07, 6.45) is 0.887. The molecule has 1 fully saturated rings. The Balaban J connectivity index is 1.82. The quantitative estimate of drug-likeness (QED) is 0.574. The van der Waals surface area contributed by atoms with Crippen molar-refractivity contribution < 1.29 is 14.3 Å². The van der Waals surface area contributed by atoms with Gasteiger partial charge in [-0.2, -0.15) is 0 Å². The first-order valence-electron chi connectivity index (χ1n) is 5.43. The van der Waals surface area contributed by atoms with E-state index >= 15 is 0 Å². The molecule has 0 heterocycles. The van der Waals surface area contributed by atoms with Crippen LogP contribution in [-0.4, -0.2) is 18.4 Å². The van der Waals surface area contributed by atoms with Crippen molar-refractivity contribution in [2.45, 2.75) is 13.3 Å². The molecule has 0 bridgehead atoms. The Kier molecular flexibility index (Phi) is 3.04. The number of carbonyl (C=O) groups is 2. The lowest BCUT2D eigenvalue weighted by Gasteiger charge is -2.03. The number of carbonyl (C=O) groups excluding carboxylic acids is 2. The number of ketones is 1. The van der Waals surface area contributed by atoms with Crippen molar-refractivity contribution in [1.82, 2.24) is 0 Å². The molecule has 16 heavy (non-hydrogen) atoms. The SMILES string of the molecule is CC1CC1C(=O)OCC(=O)c1ccccc1. The maximum Gasteiger partial charge on any atom is 0.309 e. The Morgan fingerprint density at radius 2 is 1.94 bits per heavy atom. The van der Waals surface area contributed by atoms with E-state index in [0.29, 0.717) is 11.5 Å². The molecule has 0 spiro atoms. The molecule has 1 aliphatic rings. The molecule has 0 aromatic heterocycles. The zero-order chi connectivity index (χ0) is 11.5. The number of hydrogen-bond donors (Lipinski definition) is 0. The monoisotopic (exact) mass is 218 g/mol. The first-order valence-corrected chi connectivity index (χ1v) is 5.43. The van der Waals surface area contributed by atoms with Crippen molar-refractivity contribution in [2.75, 3.05) is 6.61 Å². The standard InChI is InChI=1S/C13H14O3/c1-9-7-11(9)13(15)16-8-12(14)10-5-3-2-4-6-10/h2-6,9,11H,7-8H2,1H3. The van der Waals surface area contributed by atoms with Crippen LogP contribution in [0, 0.1) is 11.8 Å². The molecule has 0 saturated heterocycles. The van der Waals surface area contributed by atoms with Crippen LogP contribution in [0.5, 0.6) is 0 Å². The van der Waals surface area contributed by atoms with Crippen molar-refractivity contribution in [1.29, 1.82) is 0 Å². The van der Waals surface area contributed by atoms with E-state index in [1.165, 1.54) is 0 Å². The minimum atomic E-state index is -0.239. The lowest BCUT2D eigenvalue weighted by atomic mass is 10.1. The molecule has 84 valence electrons. The number of rotatable bonds is 4. The third-order valence-corrected chi connectivity index (χ3v) is 2.85. The third-order valence-electron chi connectivity index (χ3n) is 2.85. The average molecular weight is 218 g/mol. The second-order valence-corrected chi connectivity index (χ2v) is 4.22. The van der Waals surface area contributed by atoms with E-state index in [9.17, 15) is 9.59 Å². The van der Waals surface area contributed by atoms with Gasteiger partial charge in [0, 0.05) is 5.56 Å². The van der Waals surface area contributed by atoms with Crippen LogP contribution in [0.15, 0.2) is 30.3 Å². The van der Waals surface area contributed by atoms with Crippen LogP contribution in [0.2, 0.25) is 0 Å². The highest BCUT2D eigenvalue weighted by Gasteiger charge is 2.40. The van der Waals surface area contributed by atoms with Gasteiger partial charge in [-0.25, -0.2) is 0 Å². The van der Waals surface area contributed by atoms with Crippen LogP contribution in [0.4, 0.5) is 0 Å². The molecule has 0 amide bonds. The van der Waals surface area contributed by atoms with Crippen molar-refractivity contribution in [3.63, 3.8) is 0 Å². The van der Waals surface area contributed by atoms with Gasteiger partial charge < -0.3 is 4.74 Å². The molecule has 3 nitrogen and oxygen atoms in total. The first-order chi connectivity index (χ1) is 7.68. The van der Waals surface area contributed by atoms with Crippen molar-refractivity contribution in [3.8, 4) is 0 Å². The van der Waals surface area contributed by atoms with Gasteiger partial charge in [0.15, 0.2) is 12.4 Å². The molecule has 2 unspecified atom stereocenters. The molecule has 1 aliphatic carbocycles. The Hall–Kier alpha value is -1.64. The third kappa shape index (κ3) is 2.48. The van der Waals surface area contributed by atoms with Crippen LogP contribution in [-0.2, 0) is 9.53 Å². The van der Waals surface area contributed by atoms with E-state index in [4.69, 9.17) is 4.74 Å². The van der Waals surface area contributed by atoms with Crippen LogP contribution in [0.25, 0.3) is 0 Å². The van der Waals surface area contributed by atoms with E-state index in [1.54, 1.807) is 24.3 Å². The maximum atomic E-state index is 11.6. The fraction of sp³-hybridized carbons (Fsp3) is 0.385. The van der Waals surface area contributed by atoms with Crippen LogP contribution < -0.4 is 0 Å². The number of esters is 1. The highest BCUT2D eigenvalue weighted by molar-refractivity contribution is 5.98. The molecule has 1 aromatic rings. The van der Waals surface area contributed by atoms with Gasteiger partial charge in [-0.15, -0.1) is 0 Å². The molecular formula is C13H14O3. The lowest BCUT2D eigenvalue weighted by Crippen LogP contribution is -2.15. The Morgan fingerprint density at radius 1 is 1.31 bits per heavy atom. The van der Waals surface area contributed by atoms with Gasteiger partial charge in [0.1, 0.15) is 0 Å². The van der Waals surface area contributed by atoms with Gasteiger partial charge in [-0.1, -0.05) is 37.3 Å². The Morgan fingerprint density at radius 3 is 2.50 bits per heavy atom. The van der Waals surface area contributed by atoms with E-state index in [0.717, 1.165) is 6.42 Å². The molecule has 3 heteroatoms. The van der Waals surface area contributed by atoms with Gasteiger partial charge in [-0.05, 0) is 12.3 Å². The minimum Gasteiger partial charge on any atom is -0.457 e. The van der Waals surface area contributed by atoms with Crippen molar-refractivity contribution in [2.24, 2.45) is 11.8 Å². The summed E-state index contributed by atoms with van der Waals surface area (Å²) in [6.45, 7) is 1.86. The molecule has 0 aliphatic heterocycles. The Labute approximate surface area is 94.4 Å². The lowest BCUT2D eigenvalue weighted by molar-refractivity contribution is -0.144. The molecule has 0 radical (unpaired) electrons. The molecular weight excluding hydrogens is 204 g/mol. The second kappa shape index (κ2) is 4.47. The summed E-state index contributed by atoms with van der Waals surface area (Å²) in [4.78, 5) is 23.0. The number of hydrogen-bond acceptors (Lipinski definition) is 3. The number of ether oxygens (including phenoxy) is 1. The van der Waals surface area contributed by atoms with Gasteiger partial charge in [0.2, 0.25) is 0 Å². The van der Waals surface area contributed by atoms with Gasteiger partial charge >= 0.3 is 5.97 Å². The van der Waals surface area contributed by atoms with E-state index < -0.39 is 0 Å². The summed E-state index contributed by atoms with van der Waals surface area (Å²) in [5.41, 5.74) is 0.583. The Bertz CT molecular complexity index is 397. The fourth-order valence-corrected chi connectivity index (χ4v) is 1.60. The molecule has 1 aromatic carbocycles. The predicted octanol–water partition coefficient (Wildman–Crippen LogP) is 2.07. The smallest absolute Gasteiger partial charge is 0.309 e. The summed E-state index contributed by atoms with van der Waals surface area (Å²) < 4.78 is 4.96.